The van der Waals surface area contributed by atoms with Crippen LogP contribution in [0.2, 0.25) is 0 Å². The molecule has 1 amide bonds. The van der Waals surface area contributed by atoms with Crippen molar-refractivity contribution in [3.8, 4) is 11.5 Å². The maximum absolute atomic E-state index is 12.4. The third-order valence-electron chi connectivity index (χ3n) is 4.17. The number of imidazole rings is 1. The summed E-state index contributed by atoms with van der Waals surface area (Å²) in [7, 11) is 1.57. The van der Waals surface area contributed by atoms with Crippen molar-refractivity contribution in [1.29, 1.82) is 0 Å². The number of hydrogen-bond acceptors (Lipinski definition) is 4. The second-order valence-corrected chi connectivity index (χ2v) is 5.66. The predicted octanol–water partition coefficient (Wildman–Crippen LogP) is 3.46. The van der Waals surface area contributed by atoms with Crippen molar-refractivity contribution < 1.29 is 14.3 Å². The quantitative estimate of drug-likeness (QED) is 0.760. The van der Waals surface area contributed by atoms with Gasteiger partial charge in [-0.05, 0) is 56.3 Å². The van der Waals surface area contributed by atoms with Crippen LogP contribution in [0.15, 0.2) is 47.3 Å². The highest BCUT2D eigenvalue weighted by Crippen LogP contribution is 2.21. The van der Waals surface area contributed by atoms with Crippen LogP contribution in [-0.2, 0) is 13.1 Å². The third kappa shape index (κ3) is 3.28. The number of carbonyl (C=O) groups is 1. The summed E-state index contributed by atoms with van der Waals surface area (Å²) in [6.07, 6.45) is -0.602. The number of rotatable bonds is 5. The highest BCUT2D eigenvalue weighted by molar-refractivity contribution is 5.90. The molecule has 0 saturated carbocycles. The largest absolute Gasteiger partial charge is 0.497 e. The number of benzene rings is 2. The lowest BCUT2D eigenvalue weighted by molar-refractivity contribution is 0.215. The molecule has 2 aromatic carbocycles. The number of methoxy groups -OCH3 is 1. The maximum Gasteiger partial charge on any atom is 0.417 e. The van der Waals surface area contributed by atoms with E-state index in [4.69, 9.17) is 9.47 Å². The van der Waals surface area contributed by atoms with E-state index in [0.29, 0.717) is 30.3 Å². The van der Waals surface area contributed by atoms with E-state index in [0.717, 1.165) is 11.0 Å². The molecule has 0 spiro atoms. The third-order valence-corrected chi connectivity index (χ3v) is 4.17. The molecule has 0 aliphatic rings. The van der Waals surface area contributed by atoms with E-state index in [-0.39, 0.29) is 5.69 Å². The fourth-order valence-corrected chi connectivity index (χ4v) is 2.90. The Labute approximate surface area is 150 Å². The number of aromatic nitrogens is 2. The molecule has 0 aliphatic carbocycles. The van der Waals surface area contributed by atoms with Crippen molar-refractivity contribution in [1.82, 2.24) is 9.13 Å². The summed E-state index contributed by atoms with van der Waals surface area (Å²) in [4.78, 5) is 24.5. The number of aryl methyl sites for hydroxylation is 2. The lowest BCUT2D eigenvalue weighted by Crippen LogP contribution is -2.23. The van der Waals surface area contributed by atoms with E-state index in [1.165, 1.54) is 0 Å². The standard InChI is InChI=1S/C19H21N3O4/c1-4-21-16-11-6-13(12-17(16)22(5-2)19(21)24)20-18(23)26-15-9-7-14(25-3)8-10-15/h6-12H,4-5H2,1-3H3,(H,20,23). The van der Waals surface area contributed by atoms with Crippen molar-refractivity contribution in [2.45, 2.75) is 26.9 Å². The highest BCUT2D eigenvalue weighted by Gasteiger charge is 2.13. The molecule has 26 heavy (non-hydrogen) atoms. The van der Waals surface area contributed by atoms with Gasteiger partial charge < -0.3 is 9.47 Å². The minimum Gasteiger partial charge on any atom is -0.497 e. The second kappa shape index (κ2) is 7.35. The molecule has 1 aromatic heterocycles. The van der Waals surface area contributed by atoms with Crippen LogP contribution >= 0.6 is 0 Å². The lowest BCUT2D eigenvalue weighted by atomic mass is 10.2. The first-order chi connectivity index (χ1) is 12.6. The highest BCUT2D eigenvalue weighted by atomic mass is 16.6. The molecule has 0 fully saturated rings. The summed E-state index contributed by atoms with van der Waals surface area (Å²) in [5, 5.41) is 2.69. The molecule has 1 heterocycles. The molecule has 1 N–H and O–H groups in total. The molecule has 3 rings (SSSR count). The Bertz CT molecular complexity index is 986. The molecule has 0 aliphatic heterocycles. The van der Waals surface area contributed by atoms with Gasteiger partial charge in [-0.15, -0.1) is 0 Å². The van der Waals surface area contributed by atoms with Crippen LogP contribution in [-0.4, -0.2) is 22.3 Å². The van der Waals surface area contributed by atoms with Gasteiger partial charge >= 0.3 is 11.8 Å². The molecule has 0 bridgehead atoms. The van der Waals surface area contributed by atoms with Crippen LogP contribution in [0, 0.1) is 0 Å². The van der Waals surface area contributed by atoms with Gasteiger partial charge in [0.15, 0.2) is 0 Å². The smallest absolute Gasteiger partial charge is 0.417 e. The first-order valence-electron chi connectivity index (χ1n) is 8.43. The van der Waals surface area contributed by atoms with Crippen LogP contribution in [0.25, 0.3) is 11.0 Å². The van der Waals surface area contributed by atoms with Crippen LogP contribution in [0.3, 0.4) is 0 Å². The summed E-state index contributed by atoms with van der Waals surface area (Å²) in [6.45, 7) is 4.99. The van der Waals surface area contributed by atoms with Crippen LogP contribution in [0.5, 0.6) is 11.5 Å². The molecule has 7 heteroatoms. The Morgan fingerprint density at radius 1 is 0.962 bits per heavy atom. The number of amides is 1. The Morgan fingerprint density at radius 3 is 2.19 bits per heavy atom. The van der Waals surface area contributed by atoms with Crippen molar-refractivity contribution in [3.63, 3.8) is 0 Å². The Hall–Kier alpha value is -3.22. The van der Waals surface area contributed by atoms with Crippen LogP contribution < -0.4 is 20.5 Å². The number of hydrogen-bond donors (Lipinski definition) is 1. The summed E-state index contributed by atoms with van der Waals surface area (Å²) in [6, 6.07) is 12.1. The zero-order valence-electron chi connectivity index (χ0n) is 15.0. The fourth-order valence-electron chi connectivity index (χ4n) is 2.90. The van der Waals surface area contributed by atoms with E-state index in [1.807, 2.05) is 19.9 Å². The van der Waals surface area contributed by atoms with E-state index >= 15 is 0 Å². The minimum absolute atomic E-state index is 0.0528. The normalized spacial score (nSPS) is 10.7. The van der Waals surface area contributed by atoms with E-state index in [9.17, 15) is 9.59 Å². The van der Waals surface area contributed by atoms with Gasteiger partial charge in [0.05, 0.1) is 18.1 Å². The van der Waals surface area contributed by atoms with Crippen LogP contribution in [0.1, 0.15) is 13.8 Å². The molecule has 0 unspecified atom stereocenters. The number of nitrogens with one attached hydrogen (secondary N) is 1. The van der Waals surface area contributed by atoms with Gasteiger partial charge in [-0.2, -0.15) is 0 Å². The monoisotopic (exact) mass is 355 g/mol. The first-order valence-corrected chi connectivity index (χ1v) is 8.43. The molecule has 136 valence electrons. The minimum atomic E-state index is -0.602. The van der Waals surface area contributed by atoms with Gasteiger partial charge in [-0.3, -0.25) is 14.5 Å². The summed E-state index contributed by atoms with van der Waals surface area (Å²) in [5.41, 5.74) is 2.13. The van der Waals surface area contributed by atoms with Crippen molar-refractivity contribution in [2.75, 3.05) is 12.4 Å². The molecular formula is C19H21N3O4. The zero-order chi connectivity index (χ0) is 18.7. The molecule has 0 radical (unpaired) electrons. The van der Waals surface area contributed by atoms with E-state index in [1.54, 1.807) is 52.6 Å². The summed E-state index contributed by atoms with van der Waals surface area (Å²) >= 11 is 0. The molecule has 3 aromatic rings. The predicted molar refractivity (Wildman–Crippen MR) is 100 cm³/mol. The Balaban J connectivity index is 1.81. The number of fused-ring (bicyclic) bond motifs is 1. The summed E-state index contributed by atoms with van der Waals surface area (Å²) < 4.78 is 13.7. The number of carbonyl (C=O) groups excluding carboxylic acids is 1. The van der Waals surface area contributed by atoms with Gasteiger partial charge in [0.25, 0.3) is 0 Å². The Morgan fingerprint density at radius 2 is 1.58 bits per heavy atom. The number of nitrogens with zero attached hydrogens (tertiary/aromatic N) is 2. The van der Waals surface area contributed by atoms with E-state index in [2.05, 4.69) is 5.32 Å². The second-order valence-electron chi connectivity index (χ2n) is 5.66. The number of anilines is 1. The average molecular weight is 355 g/mol. The van der Waals surface area contributed by atoms with Crippen molar-refractivity contribution in [2.24, 2.45) is 0 Å². The molecule has 0 saturated heterocycles. The van der Waals surface area contributed by atoms with Gasteiger partial charge in [0.1, 0.15) is 11.5 Å². The SMILES string of the molecule is CCn1c(=O)n(CC)c2cc(NC(=O)Oc3ccc(OC)cc3)ccc21. The number of ether oxygens (including phenoxy) is 2. The van der Waals surface area contributed by atoms with Gasteiger partial charge in [-0.25, -0.2) is 9.59 Å². The zero-order valence-corrected chi connectivity index (χ0v) is 15.0. The first kappa shape index (κ1) is 17.6. The van der Waals surface area contributed by atoms with Gasteiger partial charge in [0.2, 0.25) is 0 Å². The van der Waals surface area contributed by atoms with Crippen molar-refractivity contribution in [3.05, 3.63) is 52.9 Å². The van der Waals surface area contributed by atoms with Crippen LogP contribution in [0.4, 0.5) is 10.5 Å². The Kier molecular flexibility index (Phi) is 4.97. The van der Waals surface area contributed by atoms with E-state index < -0.39 is 6.09 Å². The molecule has 0 atom stereocenters. The van der Waals surface area contributed by atoms with Crippen molar-refractivity contribution >= 4 is 22.8 Å². The molecular weight excluding hydrogens is 334 g/mol. The van der Waals surface area contributed by atoms with Gasteiger partial charge in [-0.1, -0.05) is 0 Å². The average Bonchev–Trinajstić information content (AvgIpc) is 2.92. The lowest BCUT2D eigenvalue weighted by Gasteiger charge is -2.08. The maximum atomic E-state index is 12.4. The fraction of sp³-hybridized carbons (Fsp3) is 0.263. The molecule has 7 nitrogen and oxygen atoms in total. The summed E-state index contributed by atoms with van der Waals surface area (Å²) in [5.74, 6) is 1.09. The van der Waals surface area contributed by atoms with Gasteiger partial charge in [0, 0.05) is 18.8 Å². The topological polar surface area (TPSA) is 74.5 Å².